The second kappa shape index (κ2) is 9.25. The monoisotopic (exact) mass is 470 g/mol. The van der Waals surface area contributed by atoms with E-state index in [-0.39, 0.29) is 30.8 Å². The van der Waals surface area contributed by atoms with E-state index in [9.17, 15) is 14.4 Å². The number of anilines is 1. The highest BCUT2D eigenvalue weighted by molar-refractivity contribution is 5.99. The minimum Gasteiger partial charge on any atom is -0.481 e. The van der Waals surface area contributed by atoms with Crippen molar-refractivity contribution in [1.29, 1.82) is 0 Å². The Morgan fingerprint density at radius 2 is 1.57 bits per heavy atom. The first-order valence-electron chi connectivity index (χ1n) is 11.6. The molecule has 1 saturated heterocycles. The van der Waals surface area contributed by atoms with Crippen molar-refractivity contribution in [1.82, 2.24) is 4.90 Å². The zero-order chi connectivity index (χ0) is 24.5. The van der Waals surface area contributed by atoms with Crippen LogP contribution in [-0.4, -0.2) is 47.7 Å². The van der Waals surface area contributed by atoms with Gasteiger partial charge >= 0.3 is 12.1 Å². The van der Waals surface area contributed by atoms with Crippen LogP contribution in [0.4, 0.5) is 10.5 Å². The maximum Gasteiger partial charge on any atom is 0.411 e. The Balaban J connectivity index is 1.24. The fourth-order valence-corrected chi connectivity index (χ4v) is 5.03. The normalized spacial score (nSPS) is 14.6. The summed E-state index contributed by atoms with van der Waals surface area (Å²) in [4.78, 5) is 38.1. The molecule has 1 aliphatic heterocycles. The summed E-state index contributed by atoms with van der Waals surface area (Å²) in [5.74, 6) is -1.07. The predicted molar refractivity (Wildman–Crippen MR) is 132 cm³/mol. The molecule has 1 heterocycles. The number of nitrogens with one attached hydrogen (secondary N) is 1. The van der Waals surface area contributed by atoms with Crippen molar-refractivity contribution in [3.63, 3.8) is 0 Å². The first kappa shape index (κ1) is 22.7. The van der Waals surface area contributed by atoms with E-state index >= 15 is 0 Å². The molecule has 1 fully saturated rings. The molecular formula is C28H26N2O5. The lowest BCUT2D eigenvalue weighted by Gasteiger charge is -2.39. The number of ether oxygens (including phenoxy) is 1. The Morgan fingerprint density at radius 3 is 2.20 bits per heavy atom. The van der Waals surface area contributed by atoms with Crippen molar-refractivity contribution in [2.75, 3.05) is 25.0 Å². The van der Waals surface area contributed by atoms with Crippen molar-refractivity contribution in [3.05, 3.63) is 89.0 Å². The number of rotatable bonds is 6. The molecule has 7 nitrogen and oxygen atoms in total. The molecular weight excluding hydrogens is 444 g/mol. The summed E-state index contributed by atoms with van der Waals surface area (Å²) in [6.45, 7) is 2.83. The van der Waals surface area contributed by atoms with Crippen molar-refractivity contribution in [3.8, 4) is 11.1 Å². The topological polar surface area (TPSA) is 95.9 Å². The molecule has 0 unspecified atom stereocenters. The summed E-state index contributed by atoms with van der Waals surface area (Å²) in [6, 6.07) is 21.5. The van der Waals surface area contributed by atoms with Gasteiger partial charge in [-0.25, -0.2) is 4.79 Å². The number of nitrogens with zero attached hydrogens (tertiary/aromatic N) is 1. The summed E-state index contributed by atoms with van der Waals surface area (Å²) in [7, 11) is 0. The van der Waals surface area contributed by atoms with Gasteiger partial charge in [-0.1, -0.05) is 54.6 Å². The van der Waals surface area contributed by atoms with Gasteiger partial charge in [-0.2, -0.15) is 0 Å². The molecule has 0 aromatic heterocycles. The highest BCUT2D eigenvalue weighted by atomic mass is 16.5. The average Bonchev–Trinajstić information content (AvgIpc) is 3.14. The molecule has 178 valence electrons. The highest BCUT2D eigenvalue weighted by Crippen LogP contribution is 2.44. The van der Waals surface area contributed by atoms with Crippen molar-refractivity contribution < 1.29 is 24.2 Å². The maximum atomic E-state index is 12.9. The van der Waals surface area contributed by atoms with Gasteiger partial charge in [-0.05, 0) is 46.9 Å². The van der Waals surface area contributed by atoms with Crippen LogP contribution in [-0.2, 0) is 9.53 Å². The molecule has 0 atom stereocenters. The Labute approximate surface area is 203 Å². The van der Waals surface area contributed by atoms with Gasteiger partial charge in [0, 0.05) is 36.2 Å². The highest BCUT2D eigenvalue weighted by Gasteiger charge is 2.33. The van der Waals surface area contributed by atoms with Crippen LogP contribution in [0.1, 0.15) is 39.4 Å². The van der Waals surface area contributed by atoms with Gasteiger partial charge in [-0.15, -0.1) is 0 Å². The van der Waals surface area contributed by atoms with E-state index in [4.69, 9.17) is 9.84 Å². The SMILES string of the molecule is Cc1c(NC(=O)OCC2c3ccccc3-c3ccccc32)cccc1C(=O)N1CC(CC(=O)O)C1. The number of amides is 2. The number of carboxylic acids is 1. The number of carbonyl (C=O) groups excluding carboxylic acids is 2. The van der Waals surface area contributed by atoms with E-state index in [2.05, 4.69) is 29.6 Å². The Hall–Kier alpha value is -4.13. The molecule has 1 aliphatic carbocycles. The maximum absolute atomic E-state index is 12.9. The summed E-state index contributed by atoms with van der Waals surface area (Å²) >= 11 is 0. The van der Waals surface area contributed by atoms with Gasteiger partial charge in [0.2, 0.25) is 0 Å². The van der Waals surface area contributed by atoms with Gasteiger partial charge in [0.05, 0.1) is 6.42 Å². The first-order valence-corrected chi connectivity index (χ1v) is 11.6. The number of hydrogen-bond donors (Lipinski definition) is 2. The van der Waals surface area contributed by atoms with Gasteiger partial charge in [0.15, 0.2) is 0 Å². The zero-order valence-corrected chi connectivity index (χ0v) is 19.4. The smallest absolute Gasteiger partial charge is 0.411 e. The van der Waals surface area contributed by atoms with Crippen LogP contribution in [0.5, 0.6) is 0 Å². The minimum absolute atomic E-state index is 0.0149. The van der Waals surface area contributed by atoms with E-state index in [1.54, 1.807) is 30.0 Å². The zero-order valence-electron chi connectivity index (χ0n) is 19.4. The number of carboxylic acid groups (broad SMARTS) is 1. The largest absolute Gasteiger partial charge is 0.481 e. The lowest BCUT2D eigenvalue weighted by molar-refractivity contribution is -0.139. The molecule has 0 bridgehead atoms. The van der Waals surface area contributed by atoms with Crippen LogP contribution in [0.25, 0.3) is 11.1 Å². The molecule has 7 heteroatoms. The van der Waals surface area contributed by atoms with Crippen molar-refractivity contribution in [2.24, 2.45) is 5.92 Å². The quantitative estimate of drug-likeness (QED) is 0.534. The molecule has 3 aromatic rings. The molecule has 0 saturated carbocycles. The Kier molecular flexibility index (Phi) is 5.99. The second-order valence-electron chi connectivity index (χ2n) is 9.10. The summed E-state index contributed by atoms with van der Waals surface area (Å²) in [5.41, 5.74) is 6.24. The van der Waals surface area contributed by atoms with Gasteiger partial charge in [0.25, 0.3) is 5.91 Å². The van der Waals surface area contributed by atoms with Gasteiger partial charge in [-0.3, -0.25) is 14.9 Å². The summed E-state index contributed by atoms with van der Waals surface area (Å²) in [5, 5.41) is 11.7. The van der Waals surface area contributed by atoms with E-state index in [0.717, 1.165) is 22.3 Å². The molecule has 2 amide bonds. The lowest BCUT2D eigenvalue weighted by Crippen LogP contribution is -2.50. The predicted octanol–water partition coefficient (Wildman–Crippen LogP) is 4.90. The van der Waals surface area contributed by atoms with Gasteiger partial charge < -0.3 is 14.7 Å². The van der Waals surface area contributed by atoms with Crippen LogP contribution >= 0.6 is 0 Å². The second-order valence-corrected chi connectivity index (χ2v) is 9.10. The molecule has 2 N–H and O–H groups in total. The number of hydrogen-bond acceptors (Lipinski definition) is 4. The van der Waals surface area contributed by atoms with Crippen molar-refractivity contribution >= 4 is 23.7 Å². The third-order valence-corrected chi connectivity index (χ3v) is 6.85. The molecule has 0 radical (unpaired) electrons. The van der Waals surface area contributed by atoms with Crippen LogP contribution in [0, 0.1) is 12.8 Å². The van der Waals surface area contributed by atoms with Crippen LogP contribution < -0.4 is 5.32 Å². The summed E-state index contributed by atoms with van der Waals surface area (Å²) < 4.78 is 5.63. The fourth-order valence-electron chi connectivity index (χ4n) is 5.03. The average molecular weight is 471 g/mol. The molecule has 0 spiro atoms. The third kappa shape index (κ3) is 4.37. The van der Waals surface area contributed by atoms with Crippen LogP contribution in [0.3, 0.4) is 0 Å². The van der Waals surface area contributed by atoms with E-state index in [1.807, 2.05) is 24.3 Å². The summed E-state index contributed by atoms with van der Waals surface area (Å²) in [6.07, 6.45) is -0.517. The van der Waals surface area contributed by atoms with Crippen molar-refractivity contribution in [2.45, 2.75) is 19.3 Å². The molecule has 2 aliphatic rings. The minimum atomic E-state index is -0.854. The van der Waals surface area contributed by atoms with E-state index < -0.39 is 12.1 Å². The lowest BCUT2D eigenvalue weighted by atomic mass is 9.94. The third-order valence-electron chi connectivity index (χ3n) is 6.85. The Morgan fingerprint density at radius 1 is 0.943 bits per heavy atom. The van der Waals surface area contributed by atoms with E-state index in [1.165, 1.54) is 0 Å². The molecule has 3 aromatic carbocycles. The number of benzene rings is 3. The fraction of sp³-hybridized carbons (Fsp3) is 0.250. The van der Waals surface area contributed by atoms with Crippen LogP contribution in [0.15, 0.2) is 66.7 Å². The standard InChI is InChI=1S/C28H26N2O5/c1-17-19(27(33)30-14-18(15-30)13-26(31)32)11-6-12-25(17)29-28(34)35-16-24-22-9-4-2-7-20(22)21-8-3-5-10-23(21)24/h2-12,18,24H,13-16H2,1H3,(H,29,34)(H,31,32). The Bertz CT molecular complexity index is 1270. The van der Waals surface area contributed by atoms with E-state index in [0.29, 0.717) is 29.9 Å². The number of carbonyl (C=O) groups is 3. The molecule has 35 heavy (non-hydrogen) atoms. The molecule has 5 rings (SSSR count). The first-order chi connectivity index (χ1) is 16.9. The number of likely N-dealkylation sites (tertiary alicyclic amines) is 1. The number of aliphatic carboxylic acids is 1. The van der Waals surface area contributed by atoms with Gasteiger partial charge in [0.1, 0.15) is 6.61 Å². The van der Waals surface area contributed by atoms with Crippen LogP contribution in [0.2, 0.25) is 0 Å². The number of fused-ring (bicyclic) bond motifs is 3.